The summed E-state index contributed by atoms with van der Waals surface area (Å²) < 4.78 is 55.9. The summed E-state index contributed by atoms with van der Waals surface area (Å²) in [7, 11) is 0. The summed E-state index contributed by atoms with van der Waals surface area (Å²) in [6, 6.07) is 15.0. The Hall–Kier alpha value is -4.14. The Kier molecular flexibility index (Phi) is 5.42. The van der Waals surface area contributed by atoms with Gasteiger partial charge in [-0.15, -0.1) is 15.0 Å². The molecule has 0 aliphatic carbocycles. The number of halogens is 3. The Labute approximate surface area is 168 Å². The van der Waals surface area contributed by atoms with Gasteiger partial charge in [-0.05, 0) is 72.8 Å². The highest BCUT2D eigenvalue weighted by molar-refractivity contribution is 5.30. The van der Waals surface area contributed by atoms with Crippen LogP contribution < -0.4 is 14.2 Å². The second kappa shape index (κ2) is 8.48. The molecule has 0 amide bonds. The predicted molar refractivity (Wildman–Crippen MR) is 99.2 cm³/mol. The molecule has 0 atom stereocenters. The zero-order chi connectivity index (χ0) is 20.9. The van der Waals surface area contributed by atoms with Crippen LogP contribution in [0.2, 0.25) is 0 Å². The van der Waals surface area contributed by atoms with E-state index in [0.717, 1.165) is 0 Å². The standard InChI is InChI=1S/C21H12F3N3O3/c22-13-1-7-16(8-2-13)28-19-25-20(29-17-9-3-14(23)4-10-17)27-21(26-19)30-18-11-5-15(24)6-12-18/h1-12H. The first kappa shape index (κ1) is 19.2. The van der Waals surface area contributed by atoms with Gasteiger partial charge in [-0.1, -0.05) is 0 Å². The highest BCUT2D eigenvalue weighted by atomic mass is 19.1. The molecule has 0 fully saturated rings. The minimum atomic E-state index is -0.432. The van der Waals surface area contributed by atoms with E-state index < -0.39 is 17.5 Å². The number of nitrogens with zero attached hydrogens (tertiary/aromatic N) is 3. The van der Waals surface area contributed by atoms with E-state index in [9.17, 15) is 13.2 Å². The fraction of sp³-hybridized carbons (Fsp3) is 0. The zero-order valence-electron chi connectivity index (χ0n) is 15.1. The smallest absolute Gasteiger partial charge is 0.331 e. The van der Waals surface area contributed by atoms with Crippen LogP contribution in [0.5, 0.6) is 35.3 Å². The molecule has 0 spiro atoms. The number of aromatic nitrogens is 3. The monoisotopic (exact) mass is 411 g/mol. The molecular formula is C21H12F3N3O3. The van der Waals surface area contributed by atoms with Crippen molar-refractivity contribution >= 4 is 0 Å². The van der Waals surface area contributed by atoms with Crippen molar-refractivity contribution in [2.45, 2.75) is 0 Å². The first-order chi connectivity index (χ1) is 14.5. The maximum absolute atomic E-state index is 13.1. The molecule has 30 heavy (non-hydrogen) atoms. The first-order valence-electron chi connectivity index (χ1n) is 8.60. The van der Waals surface area contributed by atoms with Gasteiger partial charge in [-0.25, -0.2) is 13.2 Å². The lowest BCUT2D eigenvalue weighted by Gasteiger charge is -2.09. The van der Waals surface area contributed by atoms with Crippen LogP contribution in [-0.4, -0.2) is 15.0 Å². The fourth-order valence-electron chi connectivity index (χ4n) is 2.28. The molecule has 0 N–H and O–H groups in total. The molecule has 9 heteroatoms. The van der Waals surface area contributed by atoms with Crippen molar-refractivity contribution in [3.8, 4) is 35.3 Å². The van der Waals surface area contributed by atoms with Crippen molar-refractivity contribution in [1.29, 1.82) is 0 Å². The topological polar surface area (TPSA) is 66.4 Å². The lowest BCUT2D eigenvalue weighted by atomic mass is 10.3. The average Bonchev–Trinajstić information content (AvgIpc) is 2.73. The molecule has 0 saturated carbocycles. The highest BCUT2D eigenvalue weighted by Crippen LogP contribution is 2.27. The molecule has 150 valence electrons. The molecule has 1 heterocycles. The largest absolute Gasteiger partial charge is 0.424 e. The number of benzene rings is 3. The highest BCUT2D eigenvalue weighted by Gasteiger charge is 2.13. The maximum Gasteiger partial charge on any atom is 0.331 e. The molecule has 0 bridgehead atoms. The van der Waals surface area contributed by atoms with E-state index >= 15 is 0 Å². The minimum absolute atomic E-state index is 0.189. The molecule has 0 saturated heterocycles. The third-order valence-electron chi connectivity index (χ3n) is 3.64. The molecule has 0 aliphatic rings. The van der Waals surface area contributed by atoms with Gasteiger partial charge in [-0.3, -0.25) is 0 Å². The van der Waals surface area contributed by atoms with Crippen molar-refractivity contribution in [2.24, 2.45) is 0 Å². The van der Waals surface area contributed by atoms with Crippen LogP contribution in [0.3, 0.4) is 0 Å². The second-order valence-electron chi connectivity index (χ2n) is 5.85. The molecular weight excluding hydrogens is 399 g/mol. The van der Waals surface area contributed by atoms with Crippen LogP contribution in [0, 0.1) is 17.5 Å². The van der Waals surface area contributed by atoms with Gasteiger partial charge in [0, 0.05) is 0 Å². The summed E-state index contributed by atoms with van der Waals surface area (Å²) in [5.74, 6) is -0.495. The van der Waals surface area contributed by atoms with Gasteiger partial charge in [0.25, 0.3) is 0 Å². The molecule has 4 rings (SSSR count). The van der Waals surface area contributed by atoms with Crippen LogP contribution in [0.25, 0.3) is 0 Å². The molecule has 6 nitrogen and oxygen atoms in total. The lowest BCUT2D eigenvalue weighted by Crippen LogP contribution is -2.01. The van der Waals surface area contributed by atoms with Gasteiger partial charge >= 0.3 is 18.0 Å². The van der Waals surface area contributed by atoms with E-state index in [1.54, 1.807) is 0 Å². The fourth-order valence-corrected chi connectivity index (χ4v) is 2.28. The normalized spacial score (nSPS) is 10.5. The Morgan fingerprint density at radius 3 is 0.867 bits per heavy atom. The van der Waals surface area contributed by atoms with E-state index in [1.165, 1.54) is 72.8 Å². The van der Waals surface area contributed by atoms with Gasteiger partial charge in [0.1, 0.15) is 34.7 Å². The Morgan fingerprint density at radius 1 is 0.400 bits per heavy atom. The third-order valence-corrected chi connectivity index (χ3v) is 3.64. The predicted octanol–water partition coefficient (Wildman–Crippen LogP) is 5.67. The number of rotatable bonds is 6. The average molecular weight is 411 g/mol. The van der Waals surface area contributed by atoms with Crippen molar-refractivity contribution in [3.05, 3.63) is 90.2 Å². The van der Waals surface area contributed by atoms with E-state index in [0.29, 0.717) is 0 Å². The lowest BCUT2D eigenvalue weighted by molar-refractivity contribution is 0.361. The van der Waals surface area contributed by atoms with E-state index in [4.69, 9.17) is 14.2 Å². The van der Waals surface area contributed by atoms with Gasteiger partial charge in [0.15, 0.2) is 0 Å². The summed E-state index contributed by atoms with van der Waals surface area (Å²) in [5.41, 5.74) is 0. The number of hydrogen-bond acceptors (Lipinski definition) is 6. The van der Waals surface area contributed by atoms with Gasteiger partial charge < -0.3 is 14.2 Å². The third kappa shape index (κ3) is 5.02. The Morgan fingerprint density at radius 2 is 0.633 bits per heavy atom. The van der Waals surface area contributed by atoms with Crippen LogP contribution in [0.1, 0.15) is 0 Å². The zero-order valence-corrected chi connectivity index (χ0v) is 15.1. The van der Waals surface area contributed by atoms with Gasteiger partial charge in [0.2, 0.25) is 0 Å². The summed E-state index contributed by atoms with van der Waals surface area (Å²) >= 11 is 0. The molecule has 0 unspecified atom stereocenters. The van der Waals surface area contributed by atoms with Gasteiger partial charge in [0.05, 0.1) is 0 Å². The Bertz CT molecular complexity index is 980. The molecule has 0 radical (unpaired) electrons. The molecule has 3 aromatic carbocycles. The first-order valence-corrected chi connectivity index (χ1v) is 8.60. The van der Waals surface area contributed by atoms with E-state index in [2.05, 4.69) is 15.0 Å². The summed E-state index contributed by atoms with van der Waals surface area (Å²) in [4.78, 5) is 12.1. The quantitative estimate of drug-likeness (QED) is 0.408. The van der Waals surface area contributed by atoms with Crippen LogP contribution in [0.15, 0.2) is 72.8 Å². The molecule has 0 aliphatic heterocycles. The van der Waals surface area contributed by atoms with Gasteiger partial charge in [-0.2, -0.15) is 0 Å². The van der Waals surface area contributed by atoms with Crippen molar-refractivity contribution in [3.63, 3.8) is 0 Å². The SMILES string of the molecule is Fc1ccc(Oc2nc(Oc3ccc(F)cc3)nc(Oc3ccc(F)cc3)n2)cc1. The second-order valence-corrected chi connectivity index (χ2v) is 5.85. The number of hydrogen-bond donors (Lipinski definition) is 0. The molecule has 1 aromatic heterocycles. The maximum atomic E-state index is 13.1. The van der Waals surface area contributed by atoms with E-state index in [-0.39, 0.29) is 35.3 Å². The summed E-state index contributed by atoms with van der Waals surface area (Å²) in [5, 5.41) is 0. The summed E-state index contributed by atoms with van der Waals surface area (Å²) in [6.07, 6.45) is 0. The molecule has 4 aromatic rings. The van der Waals surface area contributed by atoms with Crippen LogP contribution in [-0.2, 0) is 0 Å². The minimum Gasteiger partial charge on any atom is -0.424 e. The van der Waals surface area contributed by atoms with Crippen molar-refractivity contribution < 1.29 is 27.4 Å². The Balaban J connectivity index is 1.64. The van der Waals surface area contributed by atoms with Crippen molar-refractivity contribution in [2.75, 3.05) is 0 Å². The van der Waals surface area contributed by atoms with Crippen LogP contribution in [0.4, 0.5) is 13.2 Å². The van der Waals surface area contributed by atoms with Crippen molar-refractivity contribution in [1.82, 2.24) is 15.0 Å². The number of ether oxygens (including phenoxy) is 3. The van der Waals surface area contributed by atoms with E-state index in [1.807, 2.05) is 0 Å². The van der Waals surface area contributed by atoms with Crippen LogP contribution >= 0.6 is 0 Å². The summed E-state index contributed by atoms with van der Waals surface area (Å²) in [6.45, 7) is 0.